The number of aromatic nitrogens is 2. The minimum atomic E-state index is -0.0851. The zero-order valence-corrected chi connectivity index (χ0v) is 15.4. The highest BCUT2D eigenvalue weighted by molar-refractivity contribution is 5.95. The topological polar surface area (TPSA) is 47.4 Å². The molecule has 138 valence electrons. The lowest BCUT2D eigenvalue weighted by molar-refractivity contribution is -0.0228. The molecule has 4 rings (SSSR count). The molecule has 1 atom stereocenters. The zero-order chi connectivity index (χ0) is 18.6. The number of rotatable bonds is 4. The van der Waals surface area contributed by atoms with Gasteiger partial charge in [0.25, 0.3) is 5.91 Å². The van der Waals surface area contributed by atoms with Crippen LogP contribution in [0, 0.1) is 0 Å². The Bertz CT molecular complexity index is 906. The lowest BCUT2D eigenvalue weighted by Gasteiger charge is -2.33. The van der Waals surface area contributed by atoms with Gasteiger partial charge < -0.3 is 9.64 Å². The summed E-state index contributed by atoms with van der Waals surface area (Å²) < 4.78 is 7.76. The molecule has 5 heteroatoms. The zero-order valence-electron chi connectivity index (χ0n) is 15.4. The maximum absolute atomic E-state index is 13.2. The fraction of sp³-hybridized carbons (Fsp3) is 0.273. The van der Waals surface area contributed by atoms with Crippen LogP contribution >= 0.6 is 0 Å². The first-order valence-electron chi connectivity index (χ1n) is 9.36. The van der Waals surface area contributed by atoms with Crippen LogP contribution in [-0.2, 0) is 11.2 Å². The Morgan fingerprint density at radius 1 is 1.11 bits per heavy atom. The highest BCUT2D eigenvalue weighted by Crippen LogP contribution is 2.24. The number of nitrogens with zero attached hydrogens (tertiary/aromatic N) is 3. The van der Waals surface area contributed by atoms with E-state index in [9.17, 15) is 4.79 Å². The molecule has 2 aromatic carbocycles. The molecular formula is C22H23N3O2. The quantitative estimate of drug-likeness (QED) is 0.713. The molecule has 3 aromatic rings. The van der Waals surface area contributed by atoms with Crippen LogP contribution in [0.15, 0.2) is 66.9 Å². The van der Waals surface area contributed by atoms with Crippen molar-refractivity contribution < 1.29 is 9.53 Å². The van der Waals surface area contributed by atoms with Crippen LogP contribution in [-0.4, -0.2) is 40.3 Å². The fourth-order valence-corrected chi connectivity index (χ4v) is 3.56. The highest BCUT2D eigenvalue weighted by atomic mass is 16.5. The Kier molecular flexibility index (Phi) is 5.03. The normalized spacial score (nSPS) is 17.1. The van der Waals surface area contributed by atoms with Crippen LogP contribution in [0.3, 0.4) is 0 Å². The van der Waals surface area contributed by atoms with Gasteiger partial charge in [0.1, 0.15) is 6.10 Å². The van der Waals surface area contributed by atoms with Crippen molar-refractivity contribution in [2.24, 2.45) is 0 Å². The molecule has 5 nitrogen and oxygen atoms in total. The molecule has 0 N–H and O–H groups in total. The van der Waals surface area contributed by atoms with Crippen molar-refractivity contribution in [3.05, 3.63) is 83.7 Å². The molecule has 0 radical (unpaired) electrons. The molecule has 1 unspecified atom stereocenters. The number of benzene rings is 2. The lowest BCUT2D eigenvalue weighted by Crippen LogP contribution is -2.42. The molecule has 2 heterocycles. The Morgan fingerprint density at radius 3 is 2.52 bits per heavy atom. The average Bonchev–Trinajstić information content (AvgIpc) is 3.18. The van der Waals surface area contributed by atoms with Gasteiger partial charge in [0.15, 0.2) is 0 Å². The summed E-state index contributed by atoms with van der Waals surface area (Å²) in [6.45, 7) is 3.75. The Balaban J connectivity index is 1.58. The molecule has 1 aliphatic rings. The van der Waals surface area contributed by atoms with E-state index in [1.165, 1.54) is 0 Å². The van der Waals surface area contributed by atoms with Crippen molar-refractivity contribution in [3.63, 3.8) is 0 Å². The third kappa shape index (κ3) is 3.51. The first-order valence-corrected chi connectivity index (χ1v) is 9.36. The average molecular weight is 361 g/mol. The molecule has 0 aliphatic carbocycles. The number of para-hydroxylation sites is 1. The van der Waals surface area contributed by atoms with Gasteiger partial charge in [-0.2, -0.15) is 5.10 Å². The predicted octanol–water partition coefficient (Wildman–Crippen LogP) is 3.65. The minimum absolute atomic E-state index is 0.0262. The lowest BCUT2D eigenvalue weighted by atomic mass is 10.1. The van der Waals surface area contributed by atoms with Crippen molar-refractivity contribution in [1.29, 1.82) is 0 Å². The summed E-state index contributed by atoms with van der Waals surface area (Å²) in [5, 5.41) is 4.49. The number of carbonyl (C=O) groups excluding carboxylic acids is 1. The Labute approximate surface area is 159 Å². The van der Waals surface area contributed by atoms with Gasteiger partial charge in [-0.05, 0) is 24.1 Å². The number of hydrogen-bond donors (Lipinski definition) is 0. The van der Waals surface area contributed by atoms with Crippen molar-refractivity contribution in [2.75, 3.05) is 19.7 Å². The second kappa shape index (κ2) is 7.76. The first kappa shape index (κ1) is 17.5. The monoisotopic (exact) mass is 361 g/mol. The van der Waals surface area contributed by atoms with Gasteiger partial charge in [-0.25, -0.2) is 4.68 Å². The van der Waals surface area contributed by atoms with E-state index in [4.69, 9.17) is 4.74 Å². The summed E-state index contributed by atoms with van der Waals surface area (Å²) in [7, 11) is 0. The van der Waals surface area contributed by atoms with Gasteiger partial charge in [0.2, 0.25) is 0 Å². The SMILES string of the molecule is CCc1c(C(=O)N2CCOC(c3ccccc3)C2)cnn1-c1ccccc1. The van der Waals surface area contributed by atoms with E-state index >= 15 is 0 Å². The Hall–Kier alpha value is -2.92. The van der Waals surface area contributed by atoms with Crippen molar-refractivity contribution >= 4 is 5.91 Å². The van der Waals surface area contributed by atoms with E-state index < -0.39 is 0 Å². The third-order valence-corrected chi connectivity index (χ3v) is 4.96. The van der Waals surface area contributed by atoms with Crippen LogP contribution < -0.4 is 0 Å². The summed E-state index contributed by atoms with van der Waals surface area (Å²) in [5.74, 6) is 0.0262. The van der Waals surface area contributed by atoms with E-state index in [1.54, 1.807) is 6.20 Å². The van der Waals surface area contributed by atoms with Gasteiger partial charge in [0.05, 0.1) is 36.3 Å². The van der Waals surface area contributed by atoms with Crippen molar-refractivity contribution in [2.45, 2.75) is 19.4 Å². The molecule has 1 aliphatic heterocycles. The van der Waals surface area contributed by atoms with Crippen LogP contribution in [0.2, 0.25) is 0 Å². The molecule has 0 saturated carbocycles. The summed E-state index contributed by atoms with van der Waals surface area (Å²) in [6, 6.07) is 20.0. The summed E-state index contributed by atoms with van der Waals surface area (Å²) in [4.78, 5) is 15.1. The third-order valence-electron chi connectivity index (χ3n) is 4.96. The first-order chi connectivity index (χ1) is 13.3. The molecule has 1 amide bonds. The summed E-state index contributed by atoms with van der Waals surface area (Å²) >= 11 is 0. The summed E-state index contributed by atoms with van der Waals surface area (Å²) in [6.07, 6.45) is 2.35. The highest BCUT2D eigenvalue weighted by Gasteiger charge is 2.28. The fourth-order valence-electron chi connectivity index (χ4n) is 3.56. The van der Waals surface area contributed by atoms with Crippen LogP contribution in [0.5, 0.6) is 0 Å². The van der Waals surface area contributed by atoms with Gasteiger partial charge in [-0.15, -0.1) is 0 Å². The Morgan fingerprint density at radius 2 is 1.81 bits per heavy atom. The maximum Gasteiger partial charge on any atom is 0.257 e. The van der Waals surface area contributed by atoms with E-state index in [2.05, 4.69) is 12.0 Å². The molecular weight excluding hydrogens is 338 g/mol. The van der Waals surface area contributed by atoms with E-state index in [0.717, 1.165) is 23.4 Å². The number of hydrogen-bond acceptors (Lipinski definition) is 3. The minimum Gasteiger partial charge on any atom is -0.370 e. The largest absolute Gasteiger partial charge is 0.370 e. The molecule has 0 bridgehead atoms. The second-order valence-corrected chi connectivity index (χ2v) is 6.63. The molecule has 1 saturated heterocycles. The number of morpholine rings is 1. The van der Waals surface area contributed by atoms with Crippen molar-refractivity contribution in [3.8, 4) is 5.69 Å². The van der Waals surface area contributed by atoms with Gasteiger partial charge in [-0.3, -0.25) is 4.79 Å². The summed E-state index contributed by atoms with van der Waals surface area (Å²) in [5.41, 5.74) is 3.69. The number of ether oxygens (including phenoxy) is 1. The number of amides is 1. The number of carbonyl (C=O) groups is 1. The molecule has 1 aromatic heterocycles. The van der Waals surface area contributed by atoms with E-state index in [-0.39, 0.29) is 12.0 Å². The van der Waals surface area contributed by atoms with Crippen LogP contribution in [0.4, 0.5) is 0 Å². The molecule has 0 spiro atoms. The predicted molar refractivity (Wildman–Crippen MR) is 104 cm³/mol. The van der Waals surface area contributed by atoms with Gasteiger partial charge in [-0.1, -0.05) is 55.5 Å². The molecule has 27 heavy (non-hydrogen) atoms. The second-order valence-electron chi connectivity index (χ2n) is 6.63. The van der Waals surface area contributed by atoms with Crippen molar-refractivity contribution in [1.82, 2.24) is 14.7 Å². The van der Waals surface area contributed by atoms with Crippen LogP contribution in [0.25, 0.3) is 5.69 Å². The smallest absolute Gasteiger partial charge is 0.257 e. The van der Waals surface area contributed by atoms with Gasteiger partial charge in [0, 0.05) is 6.54 Å². The molecule has 1 fully saturated rings. The van der Waals surface area contributed by atoms with E-state index in [1.807, 2.05) is 70.2 Å². The van der Waals surface area contributed by atoms with E-state index in [0.29, 0.717) is 25.3 Å². The maximum atomic E-state index is 13.2. The van der Waals surface area contributed by atoms with Gasteiger partial charge >= 0.3 is 0 Å². The van der Waals surface area contributed by atoms with Crippen LogP contribution in [0.1, 0.15) is 34.6 Å². The standard InChI is InChI=1S/C22H23N3O2/c1-2-20-19(15-23-25(20)18-11-7-4-8-12-18)22(26)24-13-14-27-21(16-24)17-9-5-3-6-10-17/h3-12,15,21H,2,13-14,16H2,1H3.